The summed E-state index contributed by atoms with van der Waals surface area (Å²) < 4.78 is 6.95. The molecule has 0 aliphatic heterocycles. The Morgan fingerprint density at radius 1 is 1.27 bits per heavy atom. The third-order valence-corrected chi connectivity index (χ3v) is 5.35. The largest absolute Gasteiger partial charge is 0.452 e. The fourth-order valence-electron chi connectivity index (χ4n) is 2.84. The van der Waals surface area contributed by atoms with E-state index in [4.69, 9.17) is 16.3 Å². The van der Waals surface area contributed by atoms with E-state index in [0.717, 1.165) is 4.88 Å². The van der Waals surface area contributed by atoms with Gasteiger partial charge in [-0.15, -0.1) is 11.3 Å². The van der Waals surface area contributed by atoms with Crippen molar-refractivity contribution in [2.75, 3.05) is 11.9 Å². The Kier molecular flexibility index (Phi) is 5.73. The van der Waals surface area contributed by atoms with Crippen LogP contribution in [0.3, 0.4) is 0 Å². The number of fused-ring (bicyclic) bond motifs is 1. The smallest absolute Gasteiger partial charge is 0.339 e. The zero-order valence-corrected chi connectivity index (χ0v) is 17.4. The van der Waals surface area contributed by atoms with Crippen molar-refractivity contribution in [3.8, 4) is 10.6 Å². The van der Waals surface area contributed by atoms with Crippen LogP contribution >= 0.6 is 22.9 Å². The van der Waals surface area contributed by atoms with E-state index in [-0.39, 0.29) is 0 Å². The SMILES string of the molecule is CCn1ncc2c(C(=O)OCC(=O)Nc3ccc(Cl)cn3)cc(-c3cccs3)nc21. The molecule has 30 heavy (non-hydrogen) atoms. The lowest BCUT2D eigenvalue weighted by Crippen LogP contribution is -2.21. The molecule has 1 amide bonds. The lowest BCUT2D eigenvalue weighted by Gasteiger charge is -2.08. The first kappa shape index (κ1) is 20.0. The fourth-order valence-corrected chi connectivity index (χ4v) is 3.63. The summed E-state index contributed by atoms with van der Waals surface area (Å²) in [6, 6.07) is 8.66. The molecular weight excluding hydrogens is 426 g/mol. The van der Waals surface area contributed by atoms with Crippen LogP contribution in [0, 0.1) is 0 Å². The van der Waals surface area contributed by atoms with Crippen molar-refractivity contribution in [1.29, 1.82) is 0 Å². The normalized spacial score (nSPS) is 10.9. The first-order valence-corrected chi connectivity index (χ1v) is 10.3. The predicted octanol–water partition coefficient (Wildman–Crippen LogP) is 4.02. The maximum atomic E-state index is 12.8. The van der Waals surface area contributed by atoms with Crippen molar-refractivity contribution in [2.45, 2.75) is 13.5 Å². The Balaban J connectivity index is 1.55. The molecule has 1 N–H and O–H groups in total. The van der Waals surface area contributed by atoms with Gasteiger partial charge in [-0.25, -0.2) is 19.4 Å². The van der Waals surface area contributed by atoms with E-state index in [2.05, 4.69) is 20.4 Å². The number of aromatic nitrogens is 4. The summed E-state index contributed by atoms with van der Waals surface area (Å²) in [5.74, 6) is -0.822. The number of hydrogen-bond acceptors (Lipinski definition) is 7. The van der Waals surface area contributed by atoms with Crippen LogP contribution in [0.1, 0.15) is 17.3 Å². The molecule has 0 aliphatic carbocycles. The highest BCUT2D eigenvalue weighted by molar-refractivity contribution is 7.13. The number of esters is 1. The van der Waals surface area contributed by atoms with Crippen LogP contribution in [-0.4, -0.2) is 38.2 Å². The number of carbonyl (C=O) groups is 2. The molecule has 0 aliphatic rings. The summed E-state index contributed by atoms with van der Waals surface area (Å²) in [5.41, 5.74) is 1.54. The molecule has 0 unspecified atom stereocenters. The molecule has 0 atom stereocenters. The quantitative estimate of drug-likeness (QED) is 0.453. The third-order valence-electron chi connectivity index (χ3n) is 4.23. The second-order valence-electron chi connectivity index (χ2n) is 6.22. The molecule has 0 saturated carbocycles. The van der Waals surface area contributed by atoms with Gasteiger partial charge >= 0.3 is 5.97 Å². The van der Waals surface area contributed by atoms with Gasteiger partial charge in [-0.1, -0.05) is 17.7 Å². The minimum absolute atomic E-state index is 0.306. The van der Waals surface area contributed by atoms with Gasteiger partial charge < -0.3 is 10.1 Å². The van der Waals surface area contributed by atoms with Gasteiger partial charge in [0.2, 0.25) is 0 Å². The van der Waals surface area contributed by atoms with Crippen molar-refractivity contribution < 1.29 is 14.3 Å². The Labute approximate surface area is 180 Å². The number of thiophene rings is 1. The van der Waals surface area contributed by atoms with Gasteiger partial charge in [0, 0.05) is 12.7 Å². The summed E-state index contributed by atoms with van der Waals surface area (Å²) in [4.78, 5) is 34.4. The summed E-state index contributed by atoms with van der Waals surface area (Å²) in [6.45, 7) is 2.09. The molecule has 0 saturated heterocycles. The van der Waals surface area contributed by atoms with Crippen LogP contribution in [0.15, 0.2) is 48.1 Å². The van der Waals surface area contributed by atoms with Crippen LogP contribution in [-0.2, 0) is 16.1 Å². The predicted molar refractivity (Wildman–Crippen MR) is 115 cm³/mol. The van der Waals surface area contributed by atoms with E-state index in [9.17, 15) is 9.59 Å². The number of pyridine rings is 2. The van der Waals surface area contributed by atoms with Crippen LogP contribution in [0.4, 0.5) is 5.82 Å². The van der Waals surface area contributed by atoms with Crippen molar-refractivity contribution in [3.63, 3.8) is 0 Å². The van der Waals surface area contributed by atoms with Gasteiger partial charge in [-0.2, -0.15) is 5.10 Å². The van der Waals surface area contributed by atoms with Crippen LogP contribution in [0.2, 0.25) is 5.02 Å². The van der Waals surface area contributed by atoms with Crippen molar-refractivity contribution in [3.05, 3.63) is 58.7 Å². The van der Waals surface area contributed by atoms with Gasteiger partial charge in [0.1, 0.15) is 5.82 Å². The van der Waals surface area contributed by atoms with Gasteiger partial charge in [-0.05, 0) is 36.6 Å². The Hall–Kier alpha value is -3.30. The van der Waals surface area contributed by atoms with E-state index < -0.39 is 18.5 Å². The zero-order valence-electron chi connectivity index (χ0n) is 15.8. The van der Waals surface area contributed by atoms with Gasteiger partial charge in [0.05, 0.1) is 32.7 Å². The van der Waals surface area contributed by atoms with Crippen LogP contribution in [0.5, 0.6) is 0 Å². The molecular formula is C20H16ClN5O3S. The monoisotopic (exact) mass is 441 g/mol. The molecule has 0 spiro atoms. The average Bonchev–Trinajstić information content (AvgIpc) is 3.42. The highest BCUT2D eigenvalue weighted by atomic mass is 35.5. The number of hydrogen-bond donors (Lipinski definition) is 1. The number of ether oxygens (including phenoxy) is 1. The molecule has 0 aromatic carbocycles. The summed E-state index contributed by atoms with van der Waals surface area (Å²) in [6.07, 6.45) is 2.99. The van der Waals surface area contributed by atoms with E-state index >= 15 is 0 Å². The second kappa shape index (κ2) is 8.60. The van der Waals surface area contributed by atoms with Crippen LogP contribution in [0.25, 0.3) is 21.6 Å². The standard InChI is InChI=1S/C20H16ClN5O3S/c1-2-26-19-14(10-23-26)13(8-15(24-19)16-4-3-7-30-16)20(28)29-11-18(27)25-17-6-5-12(21)9-22-17/h3-10H,2,11H2,1H3,(H,22,25,27). The summed E-state index contributed by atoms with van der Waals surface area (Å²) in [5, 5.41) is 9.80. The zero-order chi connectivity index (χ0) is 21.1. The number of aryl methyl sites for hydroxylation is 1. The molecule has 10 heteroatoms. The third kappa shape index (κ3) is 4.17. The molecule has 4 aromatic rings. The Morgan fingerprint density at radius 2 is 2.13 bits per heavy atom. The molecule has 152 valence electrons. The van der Waals surface area contributed by atoms with Gasteiger partial charge in [0.25, 0.3) is 5.91 Å². The first-order chi connectivity index (χ1) is 14.5. The van der Waals surface area contributed by atoms with E-state index in [1.807, 2.05) is 24.4 Å². The lowest BCUT2D eigenvalue weighted by molar-refractivity contribution is -0.119. The Bertz CT molecular complexity index is 1210. The fraction of sp³-hybridized carbons (Fsp3) is 0.150. The molecule has 4 heterocycles. The lowest BCUT2D eigenvalue weighted by atomic mass is 10.1. The number of nitrogens with zero attached hydrogens (tertiary/aromatic N) is 4. The minimum Gasteiger partial charge on any atom is -0.452 e. The molecule has 4 rings (SSSR count). The number of amides is 1. The van der Waals surface area contributed by atoms with E-state index in [1.165, 1.54) is 17.5 Å². The topological polar surface area (TPSA) is 99.0 Å². The summed E-state index contributed by atoms with van der Waals surface area (Å²) >= 11 is 7.29. The number of rotatable bonds is 6. The molecule has 4 aromatic heterocycles. The van der Waals surface area contributed by atoms with Gasteiger partial charge in [-0.3, -0.25) is 4.79 Å². The number of nitrogens with one attached hydrogen (secondary N) is 1. The molecule has 0 fully saturated rings. The summed E-state index contributed by atoms with van der Waals surface area (Å²) in [7, 11) is 0. The maximum Gasteiger partial charge on any atom is 0.339 e. The Morgan fingerprint density at radius 3 is 2.83 bits per heavy atom. The van der Waals surface area contributed by atoms with E-state index in [0.29, 0.717) is 39.7 Å². The van der Waals surface area contributed by atoms with Crippen molar-refractivity contribution in [1.82, 2.24) is 19.7 Å². The van der Waals surface area contributed by atoms with Crippen molar-refractivity contribution >= 4 is 51.7 Å². The first-order valence-electron chi connectivity index (χ1n) is 9.04. The number of carbonyl (C=O) groups excluding carboxylic acids is 2. The van der Waals surface area contributed by atoms with Crippen molar-refractivity contribution in [2.24, 2.45) is 0 Å². The molecule has 0 bridgehead atoms. The minimum atomic E-state index is -0.630. The molecule has 8 nitrogen and oxygen atoms in total. The molecule has 0 radical (unpaired) electrons. The second-order valence-corrected chi connectivity index (χ2v) is 7.60. The van der Waals surface area contributed by atoms with Crippen LogP contribution < -0.4 is 5.32 Å². The number of halogens is 1. The average molecular weight is 442 g/mol. The highest BCUT2D eigenvalue weighted by Gasteiger charge is 2.19. The van der Waals surface area contributed by atoms with Gasteiger partial charge in [0.15, 0.2) is 12.3 Å². The maximum absolute atomic E-state index is 12.8. The highest BCUT2D eigenvalue weighted by Crippen LogP contribution is 2.28. The number of anilines is 1. The van der Waals surface area contributed by atoms with E-state index in [1.54, 1.807) is 29.1 Å².